The van der Waals surface area contributed by atoms with Gasteiger partial charge in [-0.15, -0.1) is 10.2 Å². The Labute approximate surface area is 162 Å². The molecule has 0 spiro atoms. The van der Waals surface area contributed by atoms with Crippen LogP contribution < -0.4 is 5.56 Å². The van der Waals surface area contributed by atoms with E-state index in [1.54, 1.807) is 0 Å². The highest BCUT2D eigenvalue weighted by Gasteiger charge is 2.15. The van der Waals surface area contributed by atoms with E-state index in [1.807, 2.05) is 0 Å². The van der Waals surface area contributed by atoms with E-state index in [4.69, 9.17) is 4.55 Å². The molecular weight excluding hydrogens is 406 g/mol. The summed E-state index contributed by atoms with van der Waals surface area (Å²) in [5, 5.41) is 30.8. The molecule has 0 atom stereocenters. The lowest BCUT2D eigenvalue weighted by atomic mass is 10.2. The number of aromatic amines is 1. The van der Waals surface area contributed by atoms with E-state index in [-0.39, 0.29) is 33.4 Å². The minimum Gasteiger partial charge on any atom is -0.506 e. The molecule has 3 aromatic rings. The van der Waals surface area contributed by atoms with Crippen molar-refractivity contribution in [2.24, 2.45) is 10.2 Å². The number of nitrogens with one attached hydrogen (secondary N) is 1. The van der Waals surface area contributed by atoms with Gasteiger partial charge in [-0.25, -0.2) is 4.68 Å². The second kappa shape index (κ2) is 7.29. The number of aromatic hydroxyl groups is 1. The molecule has 1 aromatic heterocycles. The van der Waals surface area contributed by atoms with E-state index < -0.39 is 20.6 Å². The average molecular weight is 419 g/mol. The van der Waals surface area contributed by atoms with Gasteiger partial charge in [0, 0.05) is 12.1 Å². The SMILES string of the molecule is Cc1[nH]n(-c2ccc(S(=O)(=O)O)cc2)c(=O)c1N=Nc1cc([N+](=O)[O-])ccc1O. The quantitative estimate of drug-likeness (QED) is 0.246. The Bertz CT molecular complexity index is 1290. The van der Waals surface area contributed by atoms with Gasteiger partial charge in [0.15, 0.2) is 5.69 Å². The summed E-state index contributed by atoms with van der Waals surface area (Å²) in [6.45, 7) is 1.53. The largest absolute Gasteiger partial charge is 0.506 e. The molecule has 0 saturated carbocycles. The number of aryl methyl sites for hydroxylation is 1. The first-order valence-electron chi connectivity index (χ1n) is 7.86. The predicted octanol–water partition coefficient (Wildman–Crippen LogP) is 2.75. The van der Waals surface area contributed by atoms with E-state index in [0.717, 1.165) is 35.0 Å². The molecule has 0 aliphatic rings. The molecule has 0 saturated heterocycles. The monoisotopic (exact) mass is 419 g/mol. The van der Waals surface area contributed by atoms with Crippen LogP contribution in [0.5, 0.6) is 5.75 Å². The Hall–Kier alpha value is -3.84. The Kier molecular flexibility index (Phi) is 5.01. The van der Waals surface area contributed by atoms with Crippen LogP contribution in [0.4, 0.5) is 17.1 Å². The minimum absolute atomic E-state index is 0.116. The first-order valence-corrected chi connectivity index (χ1v) is 9.30. The van der Waals surface area contributed by atoms with Crippen LogP contribution >= 0.6 is 0 Å². The molecule has 0 radical (unpaired) electrons. The minimum atomic E-state index is -4.37. The van der Waals surface area contributed by atoms with Crippen LogP contribution in [-0.2, 0) is 10.1 Å². The number of nitrogens with zero attached hydrogens (tertiary/aromatic N) is 4. The summed E-state index contributed by atoms with van der Waals surface area (Å²) in [6, 6.07) is 8.03. The molecule has 2 aromatic carbocycles. The highest BCUT2D eigenvalue weighted by atomic mass is 32.2. The summed E-state index contributed by atoms with van der Waals surface area (Å²) >= 11 is 0. The molecule has 3 rings (SSSR count). The number of phenolic OH excluding ortho intramolecular Hbond substituents is 1. The zero-order chi connectivity index (χ0) is 21.3. The van der Waals surface area contributed by atoms with Crippen LogP contribution in [0.25, 0.3) is 5.69 Å². The first-order chi connectivity index (χ1) is 13.6. The molecule has 13 heteroatoms. The number of nitro groups is 1. The summed E-state index contributed by atoms with van der Waals surface area (Å²) in [5.74, 6) is -0.353. The molecule has 3 N–H and O–H groups in total. The molecule has 29 heavy (non-hydrogen) atoms. The summed E-state index contributed by atoms with van der Waals surface area (Å²) < 4.78 is 32.3. The van der Waals surface area contributed by atoms with Crippen molar-refractivity contribution in [3.05, 3.63) is 68.6 Å². The fraction of sp³-hybridized carbons (Fsp3) is 0.0625. The van der Waals surface area contributed by atoms with E-state index in [2.05, 4.69) is 15.3 Å². The maximum absolute atomic E-state index is 12.6. The Morgan fingerprint density at radius 3 is 2.38 bits per heavy atom. The van der Waals surface area contributed by atoms with Gasteiger partial charge in [-0.3, -0.25) is 24.6 Å². The van der Waals surface area contributed by atoms with Crippen molar-refractivity contribution in [1.29, 1.82) is 0 Å². The number of azo groups is 1. The van der Waals surface area contributed by atoms with Gasteiger partial charge in [-0.2, -0.15) is 8.42 Å². The maximum atomic E-state index is 12.6. The fourth-order valence-corrected chi connectivity index (χ4v) is 2.89. The predicted molar refractivity (Wildman–Crippen MR) is 99.9 cm³/mol. The topological polar surface area (TPSA) is 180 Å². The van der Waals surface area contributed by atoms with Gasteiger partial charge in [0.25, 0.3) is 21.4 Å². The molecule has 1 heterocycles. The lowest BCUT2D eigenvalue weighted by Crippen LogP contribution is -2.14. The number of phenols is 1. The van der Waals surface area contributed by atoms with Crippen molar-refractivity contribution in [2.45, 2.75) is 11.8 Å². The average Bonchev–Trinajstić information content (AvgIpc) is 2.94. The number of rotatable bonds is 5. The van der Waals surface area contributed by atoms with Crippen molar-refractivity contribution in [3.63, 3.8) is 0 Å². The molecular formula is C16H13N5O7S. The van der Waals surface area contributed by atoms with Crippen LogP contribution in [0.1, 0.15) is 5.69 Å². The molecule has 0 unspecified atom stereocenters. The second-order valence-corrected chi connectivity index (χ2v) is 7.25. The highest BCUT2D eigenvalue weighted by Crippen LogP contribution is 2.31. The number of hydrogen-bond donors (Lipinski definition) is 3. The van der Waals surface area contributed by atoms with Crippen molar-refractivity contribution < 1.29 is 23.0 Å². The number of H-pyrrole nitrogens is 1. The van der Waals surface area contributed by atoms with Crippen LogP contribution in [0.15, 0.2) is 62.4 Å². The summed E-state index contributed by atoms with van der Waals surface area (Å²) in [7, 11) is -4.37. The number of non-ortho nitro benzene ring substituents is 1. The molecule has 0 amide bonds. The number of hydrogen-bond acceptors (Lipinski definition) is 8. The lowest BCUT2D eigenvalue weighted by Gasteiger charge is -2.02. The number of benzene rings is 2. The van der Waals surface area contributed by atoms with Gasteiger partial charge in [0.2, 0.25) is 0 Å². The highest BCUT2D eigenvalue weighted by molar-refractivity contribution is 7.85. The van der Waals surface area contributed by atoms with Gasteiger partial charge in [-0.05, 0) is 37.3 Å². The zero-order valence-electron chi connectivity index (χ0n) is 14.7. The van der Waals surface area contributed by atoms with Gasteiger partial charge in [0.05, 0.1) is 21.2 Å². The van der Waals surface area contributed by atoms with E-state index in [0.29, 0.717) is 5.69 Å². The van der Waals surface area contributed by atoms with Crippen LogP contribution in [0, 0.1) is 17.0 Å². The number of aromatic nitrogens is 2. The van der Waals surface area contributed by atoms with Crippen molar-refractivity contribution >= 4 is 27.2 Å². The number of nitro benzene ring substituents is 1. The standard InChI is InChI=1S/C16H13N5O7S/c1-9-15(18-17-13-8-11(21(24)25)4-7-14(13)22)16(23)20(19-9)10-2-5-12(6-3-10)29(26,27)28/h2-8,19,22H,1H3,(H,26,27,28). The van der Waals surface area contributed by atoms with E-state index >= 15 is 0 Å². The van der Waals surface area contributed by atoms with Crippen molar-refractivity contribution in [1.82, 2.24) is 9.78 Å². The van der Waals surface area contributed by atoms with Crippen LogP contribution in [0.3, 0.4) is 0 Å². The summed E-state index contributed by atoms with van der Waals surface area (Å²) in [4.78, 5) is 22.4. The second-order valence-electron chi connectivity index (χ2n) is 5.83. The molecule has 0 aliphatic carbocycles. The Morgan fingerprint density at radius 1 is 1.14 bits per heavy atom. The molecule has 12 nitrogen and oxygen atoms in total. The molecule has 0 aliphatic heterocycles. The van der Waals surface area contributed by atoms with Gasteiger partial charge in [0.1, 0.15) is 11.4 Å². The third kappa shape index (κ3) is 4.04. The van der Waals surface area contributed by atoms with E-state index in [9.17, 15) is 28.4 Å². The van der Waals surface area contributed by atoms with Crippen molar-refractivity contribution in [3.8, 4) is 11.4 Å². The normalized spacial score (nSPS) is 11.8. The maximum Gasteiger partial charge on any atom is 0.299 e. The Balaban J connectivity index is 1.99. The van der Waals surface area contributed by atoms with Crippen molar-refractivity contribution in [2.75, 3.05) is 0 Å². The first kappa shape index (κ1) is 19.9. The lowest BCUT2D eigenvalue weighted by molar-refractivity contribution is -0.384. The molecule has 150 valence electrons. The molecule has 0 bridgehead atoms. The summed E-state index contributed by atoms with van der Waals surface area (Å²) in [5.41, 5.74) is -0.666. The third-order valence-electron chi connectivity index (χ3n) is 3.86. The summed E-state index contributed by atoms with van der Waals surface area (Å²) in [6.07, 6.45) is 0. The van der Waals surface area contributed by atoms with Gasteiger partial charge >= 0.3 is 0 Å². The molecule has 0 fully saturated rings. The van der Waals surface area contributed by atoms with E-state index in [1.165, 1.54) is 19.1 Å². The fourth-order valence-electron chi connectivity index (χ4n) is 2.41. The van der Waals surface area contributed by atoms with Crippen LogP contribution in [0.2, 0.25) is 0 Å². The van der Waals surface area contributed by atoms with Gasteiger partial charge < -0.3 is 5.11 Å². The Morgan fingerprint density at radius 2 is 1.79 bits per heavy atom. The smallest absolute Gasteiger partial charge is 0.299 e. The third-order valence-corrected chi connectivity index (χ3v) is 4.73. The zero-order valence-corrected chi connectivity index (χ0v) is 15.5. The van der Waals surface area contributed by atoms with Crippen LogP contribution in [-0.4, -0.2) is 32.8 Å². The van der Waals surface area contributed by atoms with Gasteiger partial charge in [-0.1, -0.05) is 0 Å².